The molecular formula is C35H38F4N8O2. The van der Waals surface area contributed by atoms with Crippen LogP contribution in [0.25, 0.3) is 27.8 Å². The number of benzene rings is 2. The Labute approximate surface area is 280 Å². The van der Waals surface area contributed by atoms with E-state index < -0.39 is 29.6 Å². The summed E-state index contributed by atoms with van der Waals surface area (Å²) in [5, 5.41) is 5.63. The summed E-state index contributed by atoms with van der Waals surface area (Å²) in [6.45, 7) is 4.90. The smallest absolute Gasteiger partial charge is 0.419 e. The van der Waals surface area contributed by atoms with E-state index in [-0.39, 0.29) is 19.1 Å². The largest absolute Gasteiger partial charge is 0.460 e. The molecule has 0 amide bonds. The van der Waals surface area contributed by atoms with Crippen LogP contribution in [0, 0.1) is 5.82 Å². The summed E-state index contributed by atoms with van der Waals surface area (Å²) in [5.74, 6) is -1.02. The second-order valence-electron chi connectivity index (χ2n) is 12.1. The van der Waals surface area contributed by atoms with Crippen molar-refractivity contribution in [1.29, 1.82) is 0 Å². The number of para-hydroxylation sites is 1. The van der Waals surface area contributed by atoms with E-state index in [0.717, 1.165) is 34.9 Å². The van der Waals surface area contributed by atoms with Gasteiger partial charge in [-0.3, -0.25) is 4.79 Å². The fourth-order valence-corrected chi connectivity index (χ4v) is 6.42. The molecule has 2 aromatic carbocycles. The minimum absolute atomic E-state index is 0.134. The average Bonchev–Trinajstić information content (AvgIpc) is 3.74. The molecule has 1 atom stereocenters. The SMILES string of the molecule is CCc1cccc(CC)c1-n1nc2c(c1-c1c(F)cc(COC(=O)[C@@H](N)CCCN)c3[nH]ccc13)CN(c1ncc(C(F)(F)F)cn1)CC2. The molecule has 3 aromatic heterocycles. The first-order valence-corrected chi connectivity index (χ1v) is 16.3. The summed E-state index contributed by atoms with van der Waals surface area (Å²) in [7, 11) is 0. The van der Waals surface area contributed by atoms with Crippen molar-refractivity contribution in [2.24, 2.45) is 11.5 Å². The molecule has 10 nitrogen and oxygen atoms in total. The minimum Gasteiger partial charge on any atom is -0.460 e. The van der Waals surface area contributed by atoms with Crippen molar-refractivity contribution in [3.05, 3.63) is 88.3 Å². The molecule has 4 heterocycles. The molecule has 5 aromatic rings. The van der Waals surface area contributed by atoms with E-state index in [2.05, 4.69) is 15.0 Å². The van der Waals surface area contributed by atoms with Crippen LogP contribution in [0.4, 0.5) is 23.5 Å². The van der Waals surface area contributed by atoms with Gasteiger partial charge in [0.1, 0.15) is 18.5 Å². The Morgan fingerprint density at radius 2 is 1.82 bits per heavy atom. The van der Waals surface area contributed by atoms with Crippen molar-refractivity contribution < 1.29 is 27.1 Å². The van der Waals surface area contributed by atoms with Crippen molar-refractivity contribution in [2.45, 2.75) is 71.3 Å². The van der Waals surface area contributed by atoms with Crippen LogP contribution in [0.1, 0.15) is 60.2 Å². The number of rotatable bonds is 11. The Hall–Kier alpha value is -4.82. The third-order valence-corrected chi connectivity index (χ3v) is 8.97. The topological polar surface area (TPSA) is 141 Å². The number of carbonyl (C=O) groups excluding carboxylic acids is 1. The molecular weight excluding hydrogens is 640 g/mol. The number of halogens is 4. The van der Waals surface area contributed by atoms with Gasteiger partial charge in [-0.25, -0.2) is 19.0 Å². The first kappa shape index (κ1) is 34.1. The summed E-state index contributed by atoms with van der Waals surface area (Å²) in [6, 6.07) is 8.33. The number of anilines is 1. The summed E-state index contributed by atoms with van der Waals surface area (Å²) in [5.41, 5.74) is 16.8. The lowest BCUT2D eigenvalue weighted by molar-refractivity contribution is -0.146. The van der Waals surface area contributed by atoms with Gasteiger partial charge in [-0.15, -0.1) is 0 Å². The van der Waals surface area contributed by atoms with Gasteiger partial charge in [-0.2, -0.15) is 18.3 Å². The highest BCUT2D eigenvalue weighted by molar-refractivity contribution is 5.98. The van der Waals surface area contributed by atoms with Crippen LogP contribution >= 0.6 is 0 Å². The van der Waals surface area contributed by atoms with Crippen LogP contribution in [0.15, 0.2) is 48.9 Å². The molecule has 0 saturated heterocycles. The number of fused-ring (bicyclic) bond motifs is 2. The minimum atomic E-state index is -4.56. The lowest BCUT2D eigenvalue weighted by atomic mass is 9.95. The van der Waals surface area contributed by atoms with Gasteiger partial charge >= 0.3 is 12.1 Å². The Balaban J connectivity index is 1.48. The quantitative estimate of drug-likeness (QED) is 0.118. The highest BCUT2D eigenvalue weighted by Crippen LogP contribution is 2.41. The van der Waals surface area contributed by atoms with Crippen LogP contribution in [0.2, 0.25) is 0 Å². The normalized spacial score (nSPS) is 13.9. The van der Waals surface area contributed by atoms with Gasteiger partial charge in [0, 0.05) is 60.2 Å². The van der Waals surface area contributed by atoms with E-state index in [1.54, 1.807) is 17.2 Å². The number of alkyl halides is 3. The maximum Gasteiger partial charge on any atom is 0.419 e. The molecule has 49 heavy (non-hydrogen) atoms. The predicted molar refractivity (Wildman–Crippen MR) is 177 cm³/mol. The summed E-state index contributed by atoms with van der Waals surface area (Å²) < 4.78 is 63.7. The number of nitrogens with one attached hydrogen (secondary N) is 1. The molecule has 0 aliphatic carbocycles. The molecule has 0 fully saturated rings. The number of carbonyl (C=O) groups is 1. The second-order valence-corrected chi connectivity index (χ2v) is 12.1. The zero-order chi connectivity index (χ0) is 34.9. The van der Waals surface area contributed by atoms with Crippen LogP contribution in [-0.2, 0) is 48.1 Å². The van der Waals surface area contributed by atoms with Gasteiger partial charge in [0.05, 0.1) is 28.2 Å². The zero-order valence-corrected chi connectivity index (χ0v) is 27.3. The van der Waals surface area contributed by atoms with E-state index in [4.69, 9.17) is 21.3 Å². The maximum atomic E-state index is 16.7. The summed E-state index contributed by atoms with van der Waals surface area (Å²) >= 11 is 0. The molecule has 6 rings (SSSR count). The molecule has 0 spiro atoms. The maximum absolute atomic E-state index is 16.7. The lowest BCUT2D eigenvalue weighted by Gasteiger charge is -2.27. The summed E-state index contributed by atoms with van der Waals surface area (Å²) in [6.07, 6.45) is 1.47. The number of nitrogens with two attached hydrogens (primary N) is 2. The molecule has 0 bridgehead atoms. The van der Waals surface area contributed by atoms with Crippen molar-refractivity contribution in [2.75, 3.05) is 18.0 Å². The molecule has 1 aliphatic rings. The molecule has 14 heteroatoms. The molecule has 0 unspecified atom stereocenters. The molecule has 0 radical (unpaired) electrons. The Kier molecular flexibility index (Phi) is 9.70. The van der Waals surface area contributed by atoms with Crippen molar-refractivity contribution in [1.82, 2.24) is 24.7 Å². The van der Waals surface area contributed by atoms with Crippen molar-refractivity contribution >= 4 is 22.8 Å². The van der Waals surface area contributed by atoms with Crippen LogP contribution in [-0.4, -0.2) is 49.8 Å². The fourth-order valence-electron chi connectivity index (χ4n) is 6.42. The molecule has 258 valence electrons. The van der Waals surface area contributed by atoms with Gasteiger partial charge in [-0.05, 0) is 55.5 Å². The third-order valence-electron chi connectivity index (χ3n) is 8.97. The Morgan fingerprint density at radius 3 is 2.47 bits per heavy atom. The molecule has 1 aliphatic heterocycles. The van der Waals surface area contributed by atoms with E-state index in [1.807, 2.05) is 36.7 Å². The van der Waals surface area contributed by atoms with E-state index in [1.165, 1.54) is 6.07 Å². The highest BCUT2D eigenvalue weighted by Gasteiger charge is 2.34. The number of nitrogens with zero attached hydrogens (tertiary/aromatic N) is 5. The van der Waals surface area contributed by atoms with Gasteiger partial charge in [0.15, 0.2) is 0 Å². The monoisotopic (exact) mass is 678 g/mol. The Morgan fingerprint density at radius 1 is 1.10 bits per heavy atom. The fraction of sp³-hybridized carbons (Fsp3) is 0.371. The number of hydrogen-bond donors (Lipinski definition) is 3. The van der Waals surface area contributed by atoms with Gasteiger partial charge in [-0.1, -0.05) is 32.0 Å². The first-order chi connectivity index (χ1) is 23.5. The van der Waals surface area contributed by atoms with E-state index >= 15 is 4.39 Å². The van der Waals surface area contributed by atoms with Crippen LogP contribution < -0.4 is 16.4 Å². The average molecular weight is 679 g/mol. The van der Waals surface area contributed by atoms with E-state index in [0.29, 0.717) is 78.5 Å². The highest BCUT2D eigenvalue weighted by atomic mass is 19.4. The predicted octanol–water partition coefficient (Wildman–Crippen LogP) is 5.77. The number of aromatic amines is 1. The van der Waals surface area contributed by atoms with E-state index in [9.17, 15) is 18.0 Å². The number of esters is 1. The van der Waals surface area contributed by atoms with Gasteiger partial charge in [0.2, 0.25) is 5.95 Å². The zero-order valence-electron chi connectivity index (χ0n) is 27.3. The standard InChI is InChI=1S/C35H38F4N8O2/c1-3-20-7-5-8-21(4-2)31(20)47-32(25-18-46(14-11-28(25)45-47)34-43-16-23(17-44-34)35(37,38)39)29-24-10-13-42-30(24)22(15-26(29)36)19-49-33(48)27(41)9-6-12-40/h5,7-8,10,13,15-17,27,42H,3-4,6,9,11-12,14,18-19,40-41H2,1-2H3/t27-/m0/s1. The van der Waals surface area contributed by atoms with Crippen LogP contribution in [0.3, 0.4) is 0 Å². The number of aromatic nitrogens is 5. The molecule has 0 saturated carbocycles. The number of H-pyrrole nitrogens is 1. The summed E-state index contributed by atoms with van der Waals surface area (Å²) in [4.78, 5) is 25.6. The van der Waals surface area contributed by atoms with Crippen LogP contribution in [0.5, 0.6) is 0 Å². The second kappa shape index (κ2) is 14.0. The number of ether oxygens (including phenoxy) is 1. The third kappa shape index (κ3) is 6.62. The lowest BCUT2D eigenvalue weighted by Crippen LogP contribution is -2.32. The van der Waals surface area contributed by atoms with Gasteiger partial charge in [0.25, 0.3) is 0 Å². The number of aryl methyl sites for hydroxylation is 2. The molecule has 5 N–H and O–H groups in total. The van der Waals surface area contributed by atoms with Gasteiger partial charge < -0.3 is 26.1 Å². The first-order valence-electron chi connectivity index (χ1n) is 16.3. The van der Waals surface area contributed by atoms with Crippen molar-refractivity contribution in [3.8, 4) is 16.9 Å². The Bertz CT molecular complexity index is 1950. The van der Waals surface area contributed by atoms with Crippen molar-refractivity contribution in [3.63, 3.8) is 0 Å². The number of hydrogen-bond acceptors (Lipinski definition) is 8.